The molecule has 0 aromatic carbocycles. The summed E-state index contributed by atoms with van der Waals surface area (Å²) >= 11 is 0. The Morgan fingerprint density at radius 3 is 2.85 bits per heavy atom. The molecular weight excluding hydrogens is 160 g/mol. The number of allylic oxidation sites excluding steroid dienone is 1. The summed E-state index contributed by atoms with van der Waals surface area (Å²) in [6, 6.07) is 0. The maximum atomic E-state index is 5.93. The van der Waals surface area contributed by atoms with Gasteiger partial charge in [0.25, 0.3) is 0 Å². The molecule has 3 fully saturated rings. The Morgan fingerprint density at radius 1 is 1.23 bits per heavy atom. The van der Waals surface area contributed by atoms with Gasteiger partial charge in [-0.15, -0.1) is 0 Å². The number of rotatable bonds is 0. The predicted octanol–water partition coefficient (Wildman–Crippen LogP) is 2.77. The van der Waals surface area contributed by atoms with Crippen LogP contribution in [0, 0.1) is 17.8 Å². The molecule has 0 N–H and O–H groups in total. The third kappa shape index (κ3) is 0.969. The van der Waals surface area contributed by atoms with Crippen LogP contribution in [0.25, 0.3) is 0 Å². The molecule has 0 aromatic heterocycles. The molecule has 2 bridgehead atoms. The van der Waals surface area contributed by atoms with Gasteiger partial charge in [0.1, 0.15) is 0 Å². The summed E-state index contributed by atoms with van der Waals surface area (Å²) in [6.45, 7) is 3.22. The highest BCUT2D eigenvalue weighted by Crippen LogP contribution is 2.56. The maximum absolute atomic E-state index is 5.93. The molecule has 1 heterocycles. The molecule has 2 saturated carbocycles. The van der Waals surface area contributed by atoms with Crippen molar-refractivity contribution >= 4 is 0 Å². The van der Waals surface area contributed by atoms with Crippen LogP contribution in [0.3, 0.4) is 0 Å². The zero-order chi connectivity index (χ0) is 8.84. The monoisotopic (exact) mass is 178 g/mol. The molecule has 0 aromatic rings. The Balaban J connectivity index is 1.93. The van der Waals surface area contributed by atoms with Crippen LogP contribution in [-0.2, 0) is 4.74 Å². The predicted molar refractivity (Wildman–Crippen MR) is 52.4 cm³/mol. The molecule has 3 aliphatic rings. The van der Waals surface area contributed by atoms with Crippen LogP contribution in [-0.4, -0.2) is 12.7 Å². The third-order valence-electron chi connectivity index (χ3n) is 4.31. The van der Waals surface area contributed by atoms with Gasteiger partial charge in [0.15, 0.2) is 0 Å². The Hall–Kier alpha value is -0.300. The van der Waals surface area contributed by atoms with Gasteiger partial charge >= 0.3 is 0 Å². The zero-order valence-corrected chi connectivity index (χ0v) is 8.33. The van der Waals surface area contributed by atoms with Crippen LogP contribution in [0.5, 0.6) is 0 Å². The average Bonchev–Trinajstić information content (AvgIpc) is 2.73. The van der Waals surface area contributed by atoms with E-state index in [2.05, 4.69) is 13.0 Å². The maximum Gasteiger partial charge on any atom is 0.0674 e. The van der Waals surface area contributed by atoms with Gasteiger partial charge in [-0.25, -0.2) is 0 Å². The van der Waals surface area contributed by atoms with E-state index in [4.69, 9.17) is 4.74 Å². The van der Waals surface area contributed by atoms with Gasteiger partial charge in [0, 0.05) is 12.5 Å². The van der Waals surface area contributed by atoms with Crippen LogP contribution in [0.1, 0.15) is 32.6 Å². The van der Waals surface area contributed by atoms with E-state index in [9.17, 15) is 0 Å². The Kier molecular flexibility index (Phi) is 1.76. The summed E-state index contributed by atoms with van der Waals surface area (Å²) in [5.74, 6) is 2.60. The average molecular weight is 178 g/mol. The van der Waals surface area contributed by atoms with Crippen molar-refractivity contribution in [3.8, 4) is 0 Å². The van der Waals surface area contributed by atoms with Crippen LogP contribution < -0.4 is 0 Å². The lowest BCUT2D eigenvalue weighted by Crippen LogP contribution is -2.34. The van der Waals surface area contributed by atoms with Gasteiger partial charge in [-0.05, 0) is 44.4 Å². The van der Waals surface area contributed by atoms with Gasteiger partial charge in [-0.1, -0.05) is 11.6 Å². The summed E-state index contributed by atoms with van der Waals surface area (Å²) in [6.07, 6.45) is 8.52. The van der Waals surface area contributed by atoms with Gasteiger partial charge in [0.2, 0.25) is 0 Å². The van der Waals surface area contributed by atoms with Gasteiger partial charge in [-0.2, -0.15) is 0 Å². The van der Waals surface area contributed by atoms with E-state index < -0.39 is 0 Å². The first-order chi connectivity index (χ1) is 6.42. The fraction of sp³-hybridized carbons (Fsp3) is 0.833. The zero-order valence-electron chi connectivity index (χ0n) is 8.33. The second-order valence-corrected chi connectivity index (χ2v) is 4.72. The van der Waals surface area contributed by atoms with Crippen molar-refractivity contribution in [2.75, 3.05) is 6.61 Å². The molecular formula is C12H18O. The Labute approximate surface area is 80.2 Å². The highest BCUT2D eigenvalue weighted by atomic mass is 16.5. The van der Waals surface area contributed by atoms with E-state index in [0.29, 0.717) is 6.10 Å². The molecule has 1 nitrogen and oxygen atoms in total. The highest BCUT2D eigenvalue weighted by Gasteiger charge is 2.51. The quantitative estimate of drug-likeness (QED) is 0.518. The van der Waals surface area contributed by atoms with Crippen LogP contribution in [0.2, 0.25) is 0 Å². The lowest BCUT2D eigenvalue weighted by atomic mass is 9.82. The van der Waals surface area contributed by atoms with E-state index in [0.717, 1.165) is 24.4 Å². The third-order valence-corrected chi connectivity index (χ3v) is 4.31. The number of ether oxygens (including phenoxy) is 1. The largest absolute Gasteiger partial charge is 0.377 e. The summed E-state index contributed by atoms with van der Waals surface area (Å²) in [7, 11) is 0. The molecule has 0 radical (unpaired) electrons. The van der Waals surface area contributed by atoms with Gasteiger partial charge < -0.3 is 4.74 Å². The molecule has 2 aliphatic carbocycles. The van der Waals surface area contributed by atoms with E-state index in [-0.39, 0.29) is 0 Å². The van der Waals surface area contributed by atoms with Crippen molar-refractivity contribution in [2.45, 2.75) is 38.7 Å². The van der Waals surface area contributed by atoms with E-state index in [1.54, 1.807) is 5.57 Å². The highest BCUT2D eigenvalue weighted by molar-refractivity contribution is 5.25. The van der Waals surface area contributed by atoms with Crippen LogP contribution in [0.15, 0.2) is 11.6 Å². The lowest BCUT2D eigenvalue weighted by molar-refractivity contribution is -0.0535. The molecule has 1 aliphatic heterocycles. The van der Waals surface area contributed by atoms with E-state index in [1.807, 2.05) is 0 Å². The fourth-order valence-corrected chi connectivity index (χ4v) is 3.88. The molecule has 1 saturated heterocycles. The van der Waals surface area contributed by atoms with E-state index in [1.165, 1.54) is 25.7 Å². The lowest BCUT2D eigenvalue weighted by Gasteiger charge is -2.34. The minimum absolute atomic E-state index is 0.610. The number of hydrogen-bond donors (Lipinski definition) is 0. The first-order valence-corrected chi connectivity index (χ1v) is 5.69. The molecule has 4 atom stereocenters. The van der Waals surface area contributed by atoms with Crippen LogP contribution >= 0.6 is 0 Å². The molecule has 13 heavy (non-hydrogen) atoms. The second kappa shape index (κ2) is 2.84. The standard InChI is InChI=1S/C12H18O/c1-2-8-9-5-6-11(8)12-10(9)4-3-7-13-12/h2,9-12H,3-7H2,1H3. The second-order valence-electron chi connectivity index (χ2n) is 4.72. The minimum atomic E-state index is 0.610. The first-order valence-electron chi connectivity index (χ1n) is 5.69. The van der Waals surface area contributed by atoms with Gasteiger partial charge in [0.05, 0.1) is 6.10 Å². The SMILES string of the molecule is CC=C1C2CCC1C1OCCCC21. The number of fused-ring (bicyclic) bond motifs is 5. The van der Waals surface area contributed by atoms with E-state index >= 15 is 0 Å². The molecule has 0 amide bonds. The summed E-state index contributed by atoms with van der Waals surface area (Å²) in [5, 5.41) is 0. The smallest absolute Gasteiger partial charge is 0.0674 e. The van der Waals surface area contributed by atoms with Crippen molar-refractivity contribution in [3.05, 3.63) is 11.6 Å². The topological polar surface area (TPSA) is 9.23 Å². The molecule has 3 rings (SSSR count). The number of hydrogen-bond acceptors (Lipinski definition) is 1. The molecule has 4 unspecified atom stereocenters. The molecule has 0 spiro atoms. The van der Waals surface area contributed by atoms with Crippen molar-refractivity contribution in [1.82, 2.24) is 0 Å². The Bertz CT molecular complexity index is 222. The van der Waals surface area contributed by atoms with Crippen molar-refractivity contribution < 1.29 is 4.74 Å². The summed E-state index contributed by atoms with van der Waals surface area (Å²) in [5.41, 5.74) is 1.73. The summed E-state index contributed by atoms with van der Waals surface area (Å²) in [4.78, 5) is 0. The fourth-order valence-electron chi connectivity index (χ4n) is 3.88. The first kappa shape index (κ1) is 8.05. The Morgan fingerprint density at radius 2 is 2.08 bits per heavy atom. The van der Waals surface area contributed by atoms with Crippen molar-refractivity contribution in [1.29, 1.82) is 0 Å². The van der Waals surface area contributed by atoms with Gasteiger partial charge in [-0.3, -0.25) is 0 Å². The molecule has 72 valence electrons. The summed E-state index contributed by atoms with van der Waals surface area (Å²) < 4.78 is 5.93. The van der Waals surface area contributed by atoms with Crippen LogP contribution in [0.4, 0.5) is 0 Å². The van der Waals surface area contributed by atoms with Crippen molar-refractivity contribution in [2.24, 2.45) is 17.8 Å². The van der Waals surface area contributed by atoms with Crippen molar-refractivity contribution in [3.63, 3.8) is 0 Å². The molecule has 1 heteroatoms. The normalized spacial score (nSPS) is 51.3. The minimum Gasteiger partial charge on any atom is -0.377 e.